The van der Waals surface area contributed by atoms with E-state index in [1.165, 1.54) is 0 Å². The summed E-state index contributed by atoms with van der Waals surface area (Å²) in [7, 11) is 1.85. The molecule has 0 spiro atoms. The Bertz CT molecular complexity index is 321. The molecular weight excluding hydrogens is 192 g/mol. The summed E-state index contributed by atoms with van der Waals surface area (Å²) in [5.74, 6) is 0.00446. The molecule has 0 saturated carbocycles. The third-order valence-corrected chi connectivity index (χ3v) is 2.26. The Labute approximate surface area is 89.6 Å². The van der Waals surface area contributed by atoms with Crippen LogP contribution < -0.4 is 11.1 Å². The molecule has 1 heterocycles. The summed E-state index contributed by atoms with van der Waals surface area (Å²) in [4.78, 5) is 11.5. The molecule has 5 heteroatoms. The third kappa shape index (κ3) is 3.71. The van der Waals surface area contributed by atoms with Gasteiger partial charge in [-0.05, 0) is 19.0 Å². The van der Waals surface area contributed by atoms with Crippen LogP contribution in [0.2, 0.25) is 0 Å². The average molecular weight is 210 g/mol. The molecule has 1 aromatic heterocycles. The first-order valence-corrected chi connectivity index (χ1v) is 5.09. The van der Waals surface area contributed by atoms with E-state index >= 15 is 0 Å². The number of hydrogen-bond acceptors (Lipinski definition) is 3. The van der Waals surface area contributed by atoms with Crippen LogP contribution in [0.1, 0.15) is 19.0 Å². The predicted molar refractivity (Wildman–Crippen MR) is 57.9 cm³/mol. The normalized spacial score (nSPS) is 12.5. The van der Waals surface area contributed by atoms with E-state index in [0.29, 0.717) is 19.5 Å². The summed E-state index contributed by atoms with van der Waals surface area (Å²) in [6.07, 6.45) is 2.57. The maximum absolute atomic E-state index is 11.5. The number of aromatic nitrogens is 2. The Morgan fingerprint density at radius 1 is 1.73 bits per heavy atom. The first kappa shape index (κ1) is 11.7. The van der Waals surface area contributed by atoms with Crippen molar-refractivity contribution < 1.29 is 4.79 Å². The van der Waals surface area contributed by atoms with Gasteiger partial charge in [-0.2, -0.15) is 5.10 Å². The molecule has 1 amide bonds. The quantitative estimate of drug-likeness (QED) is 0.719. The number of aryl methyl sites for hydroxylation is 1. The molecule has 5 nitrogen and oxygen atoms in total. The number of nitrogens with one attached hydrogen (secondary N) is 1. The van der Waals surface area contributed by atoms with Crippen LogP contribution in [-0.4, -0.2) is 22.2 Å². The zero-order valence-electron chi connectivity index (χ0n) is 9.23. The van der Waals surface area contributed by atoms with Crippen LogP contribution in [0, 0.1) is 5.92 Å². The largest absolute Gasteiger partial charge is 0.350 e. The van der Waals surface area contributed by atoms with Gasteiger partial charge in [0.2, 0.25) is 5.91 Å². The van der Waals surface area contributed by atoms with Crippen LogP contribution in [0.3, 0.4) is 0 Å². The van der Waals surface area contributed by atoms with Gasteiger partial charge in [-0.25, -0.2) is 0 Å². The van der Waals surface area contributed by atoms with E-state index in [1.54, 1.807) is 4.68 Å². The summed E-state index contributed by atoms with van der Waals surface area (Å²) in [5, 5.41) is 6.99. The molecule has 0 aromatic carbocycles. The lowest BCUT2D eigenvalue weighted by Crippen LogP contribution is -2.30. The molecular formula is C10H18N4O. The first-order chi connectivity index (χ1) is 7.13. The summed E-state index contributed by atoms with van der Waals surface area (Å²) in [6.45, 7) is 2.90. The zero-order chi connectivity index (χ0) is 11.3. The standard InChI is InChI=1S/C10H18N4O/c1-8(3-5-11)10(15)12-7-9-4-6-14(2)13-9/h4,6,8H,3,5,7,11H2,1-2H3,(H,12,15). The van der Waals surface area contributed by atoms with Crippen molar-refractivity contribution in [1.82, 2.24) is 15.1 Å². The van der Waals surface area contributed by atoms with E-state index in [1.807, 2.05) is 26.2 Å². The van der Waals surface area contributed by atoms with Crippen LogP contribution in [0.5, 0.6) is 0 Å². The summed E-state index contributed by atoms with van der Waals surface area (Å²) < 4.78 is 1.71. The highest BCUT2D eigenvalue weighted by molar-refractivity contribution is 5.78. The minimum atomic E-state index is -0.0290. The van der Waals surface area contributed by atoms with E-state index in [0.717, 1.165) is 5.69 Å². The number of nitrogens with zero attached hydrogens (tertiary/aromatic N) is 2. The number of amides is 1. The SMILES string of the molecule is CC(CCN)C(=O)NCc1ccn(C)n1. The molecule has 1 aromatic rings. The van der Waals surface area contributed by atoms with Gasteiger partial charge in [0.25, 0.3) is 0 Å². The highest BCUT2D eigenvalue weighted by Crippen LogP contribution is 2.00. The van der Waals surface area contributed by atoms with E-state index in [2.05, 4.69) is 10.4 Å². The fraction of sp³-hybridized carbons (Fsp3) is 0.600. The van der Waals surface area contributed by atoms with E-state index in [4.69, 9.17) is 5.73 Å². The summed E-state index contributed by atoms with van der Waals surface area (Å²) in [5.41, 5.74) is 6.25. The monoisotopic (exact) mass is 210 g/mol. The molecule has 0 saturated heterocycles. The van der Waals surface area contributed by atoms with Crippen LogP contribution in [-0.2, 0) is 18.4 Å². The van der Waals surface area contributed by atoms with Crippen LogP contribution in [0.15, 0.2) is 12.3 Å². The molecule has 1 rings (SSSR count). The summed E-state index contributed by atoms with van der Waals surface area (Å²) >= 11 is 0. The molecule has 3 N–H and O–H groups in total. The van der Waals surface area contributed by atoms with Gasteiger partial charge in [-0.3, -0.25) is 9.48 Å². The predicted octanol–water partition coefficient (Wildman–Crippen LogP) is 0.0212. The van der Waals surface area contributed by atoms with Gasteiger partial charge in [0.05, 0.1) is 12.2 Å². The fourth-order valence-corrected chi connectivity index (χ4v) is 1.29. The molecule has 1 unspecified atom stereocenters. The second-order valence-corrected chi connectivity index (χ2v) is 3.68. The lowest BCUT2D eigenvalue weighted by molar-refractivity contribution is -0.124. The highest BCUT2D eigenvalue weighted by atomic mass is 16.1. The van der Waals surface area contributed by atoms with Crippen LogP contribution in [0.4, 0.5) is 0 Å². The maximum atomic E-state index is 11.5. The van der Waals surface area contributed by atoms with E-state index in [9.17, 15) is 4.79 Å². The van der Waals surface area contributed by atoms with Crippen molar-refractivity contribution >= 4 is 5.91 Å². The average Bonchev–Trinajstić information content (AvgIpc) is 2.61. The van der Waals surface area contributed by atoms with E-state index in [-0.39, 0.29) is 11.8 Å². The van der Waals surface area contributed by atoms with Gasteiger partial charge in [-0.1, -0.05) is 6.92 Å². The molecule has 0 aliphatic carbocycles. The fourth-order valence-electron chi connectivity index (χ4n) is 1.29. The van der Waals surface area contributed by atoms with Gasteiger partial charge < -0.3 is 11.1 Å². The van der Waals surface area contributed by atoms with Gasteiger partial charge in [0.1, 0.15) is 0 Å². The molecule has 0 bridgehead atoms. The minimum absolute atomic E-state index is 0.0290. The van der Waals surface area contributed by atoms with Crippen molar-refractivity contribution in [2.75, 3.05) is 6.54 Å². The molecule has 84 valence electrons. The van der Waals surface area contributed by atoms with E-state index < -0.39 is 0 Å². The second kappa shape index (κ2) is 5.50. The molecule has 0 fully saturated rings. The second-order valence-electron chi connectivity index (χ2n) is 3.68. The van der Waals surface area contributed by atoms with Crippen LogP contribution >= 0.6 is 0 Å². The Morgan fingerprint density at radius 3 is 3.00 bits per heavy atom. The van der Waals surface area contributed by atoms with Crippen molar-refractivity contribution in [3.63, 3.8) is 0 Å². The first-order valence-electron chi connectivity index (χ1n) is 5.09. The smallest absolute Gasteiger partial charge is 0.223 e. The zero-order valence-corrected chi connectivity index (χ0v) is 9.23. The Morgan fingerprint density at radius 2 is 2.47 bits per heavy atom. The number of nitrogens with two attached hydrogens (primary N) is 1. The Balaban J connectivity index is 2.34. The van der Waals surface area contributed by atoms with Crippen LogP contribution in [0.25, 0.3) is 0 Å². The Hall–Kier alpha value is -1.36. The van der Waals surface area contributed by atoms with Crippen molar-refractivity contribution in [1.29, 1.82) is 0 Å². The Kier molecular flexibility index (Phi) is 4.30. The van der Waals surface area contributed by atoms with Crippen molar-refractivity contribution in [2.24, 2.45) is 18.7 Å². The number of carbonyl (C=O) groups excluding carboxylic acids is 1. The minimum Gasteiger partial charge on any atom is -0.350 e. The van der Waals surface area contributed by atoms with Gasteiger partial charge >= 0.3 is 0 Å². The van der Waals surface area contributed by atoms with Crippen molar-refractivity contribution in [2.45, 2.75) is 19.9 Å². The summed E-state index contributed by atoms with van der Waals surface area (Å²) in [6, 6.07) is 1.88. The number of rotatable bonds is 5. The molecule has 0 radical (unpaired) electrons. The highest BCUT2D eigenvalue weighted by Gasteiger charge is 2.11. The maximum Gasteiger partial charge on any atom is 0.223 e. The molecule has 15 heavy (non-hydrogen) atoms. The number of carbonyl (C=O) groups is 1. The van der Waals surface area contributed by atoms with Crippen molar-refractivity contribution in [3.8, 4) is 0 Å². The molecule has 0 aliphatic heterocycles. The van der Waals surface area contributed by atoms with Gasteiger partial charge in [0, 0.05) is 19.2 Å². The lowest BCUT2D eigenvalue weighted by atomic mass is 10.1. The van der Waals surface area contributed by atoms with Crippen molar-refractivity contribution in [3.05, 3.63) is 18.0 Å². The molecule has 0 aliphatic rings. The number of hydrogen-bond donors (Lipinski definition) is 2. The molecule has 1 atom stereocenters. The van der Waals surface area contributed by atoms with Gasteiger partial charge in [-0.15, -0.1) is 0 Å². The van der Waals surface area contributed by atoms with Gasteiger partial charge in [0.15, 0.2) is 0 Å². The lowest BCUT2D eigenvalue weighted by Gasteiger charge is -2.09. The third-order valence-electron chi connectivity index (χ3n) is 2.26. The topological polar surface area (TPSA) is 72.9 Å².